The molecule has 20 heavy (non-hydrogen) atoms. The van der Waals surface area contributed by atoms with E-state index in [1.807, 2.05) is 0 Å². The van der Waals surface area contributed by atoms with Crippen molar-refractivity contribution < 1.29 is 17.9 Å². The minimum absolute atomic E-state index is 0.251. The molecule has 1 aliphatic heterocycles. The molecule has 1 saturated heterocycles. The Balaban J connectivity index is 2.29. The largest absolute Gasteiger partial charge is 0.465 e. The van der Waals surface area contributed by atoms with Crippen LogP contribution in [0.3, 0.4) is 0 Å². The number of hydrogen-bond donors (Lipinski definition) is 0. The molecular formula is C12H16BrNO4S2. The van der Waals surface area contributed by atoms with Crippen LogP contribution in [0.4, 0.5) is 0 Å². The van der Waals surface area contributed by atoms with Gasteiger partial charge in [-0.05, 0) is 54.2 Å². The number of carbonyl (C=O) groups is 1. The first-order valence-electron chi connectivity index (χ1n) is 6.40. The highest BCUT2D eigenvalue weighted by Gasteiger charge is 2.39. The molecule has 8 heteroatoms. The number of ether oxygens (including phenoxy) is 1. The fraction of sp³-hybridized carbons (Fsp3) is 0.583. The van der Waals surface area contributed by atoms with Crippen LogP contribution in [-0.2, 0) is 19.6 Å². The predicted octanol–water partition coefficient (Wildman–Crippen LogP) is 2.62. The molecule has 2 heterocycles. The zero-order valence-electron chi connectivity index (χ0n) is 11.0. The van der Waals surface area contributed by atoms with Gasteiger partial charge in [-0.25, -0.2) is 8.42 Å². The van der Waals surface area contributed by atoms with Crippen molar-refractivity contribution in [3.8, 4) is 0 Å². The molecule has 1 aromatic rings. The third-order valence-electron chi connectivity index (χ3n) is 3.12. The summed E-state index contributed by atoms with van der Waals surface area (Å²) in [5, 5.41) is 0. The molecular weight excluding hydrogens is 366 g/mol. The van der Waals surface area contributed by atoms with E-state index in [1.54, 1.807) is 19.1 Å². The second kappa shape index (κ2) is 6.55. The van der Waals surface area contributed by atoms with Gasteiger partial charge in [-0.1, -0.05) is 0 Å². The zero-order chi connectivity index (χ0) is 14.8. The Labute approximate surface area is 131 Å². The molecule has 1 fully saturated rings. The highest BCUT2D eigenvalue weighted by atomic mass is 79.9. The van der Waals surface area contributed by atoms with Crippen molar-refractivity contribution in [1.29, 1.82) is 0 Å². The van der Waals surface area contributed by atoms with Gasteiger partial charge in [0.05, 0.1) is 10.4 Å². The molecule has 0 aromatic carbocycles. The van der Waals surface area contributed by atoms with Crippen molar-refractivity contribution >= 4 is 43.3 Å². The van der Waals surface area contributed by atoms with Gasteiger partial charge in [0.15, 0.2) is 0 Å². The number of hydrogen-bond acceptors (Lipinski definition) is 5. The molecule has 1 unspecified atom stereocenters. The summed E-state index contributed by atoms with van der Waals surface area (Å²) >= 11 is 4.41. The summed E-state index contributed by atoms with van der Waals surface area (Å²) in [6.45, 7) is 2.34. The minimum Gasteiger partial charge on any atom is -0.465 e. The Bertz CT molecular complexity index is 584. The summed E-state index contributed by atoms with van der Waals surface area (Å²) in [4.78, 5) is 12.0. The molecule has 1 aliphatic rings. The fourth-order valence-electron chi connectivity index (χ4n) is 2.22. The molecule has 1 atom stereocenters. The van der Waals surface area contributed by atoms with Crippen LogP contribution in [0.5, 0.6) is 0 Å². The van der Waals surface area contributed by atoms with E-state index in [0.717, 1.165) is 28.0 Å². The average Bonchev–Trinajstić information content (AvgIpc) is 2.86. The van der Waals surface area contributed by atoms with Crippen LogP contribution in [-0.4, -0.2) is 37.9 Å². The lowest BCUT2D eigenvalue weighted by molar-refractivity contribution is -0.148. The Kier molecular flexibility index (Phi) is 5.22. The normalized spacial score (nSPS) is 20.8. The van der Waals surface area contributed by atoms with Gasteiger partial charge in [-0.2, -0.15) is 4.31 Å². The molecule has 0 radical (unpaired) electrons. The fourth-order valence-corrected chi connectivity index (χ4v) is 6.00. The van der Waals surface area contributed by atoms with Crippen LogP contribution in [0.15, 0.2) is 20.1 Å². The van der Waals surface area contributed by atoms with Crippen LogP contribution in [0.25, 0.3) is 0 Å². The molecule has 2 rings (SSSR count). The van der Waals surface area contributed by atoms with Crippen molar-refractivity contribution in [1.82, 2.24) is 4.31 Å². The van der Waals surface area contributed by atoms with Gasteiger partial charge in [-0.3, -0.25) is 4.79 Å². The van der Waals surface area contributed by atoms with Crippen molar-refractivity contribution in [3.05, 3.63) is 15.9 Å². The molecule has 0 bridgehead atoms. The van der Waals surface area contributed by atoms with E-state index in [4.69, 9.17) is 4.74 Å². The number of carbonyl (C=O) groups excluding carboxylic acids is 1. The minimum atomic E-state index is -3.63. The maximum atomic E-state index is 12.6. The first-order valence-corrected chi connectivity index (χ1v) is 9.45. The van der Waals surface area contributed by atoms with Gasteiger partial charge >= 0.3 is 5.97 Å². The van der Waals surface area contributed by atoms with E-state index < -0.39 is 22.0 Å². The maximum Gasteiger partial charge on any atom is 0.324 e. The van der Waals surface area contributed by atoms with Crippen molar-refractivity contribution in [2.24, 2.45) is 0 Å². The Morgan fingerprint density at radius 3 is 2.85 bits per heavy atom. The lowest BCUT2D eigenvalue weighted by Crippen LogP contribution is -2.48. The number of thiophene rings is 1. The lowest BCUT2D eigenvalue weighted by Gasteiger charge is -2.32. The SMILES string of the molecule is CCOC(=O)C1CCCCN1S(=O)(=O)c1ccc(Br)s1. The van der Waals surface area contributed by atoms with Crippen molar-refractivity contribution in [2.45, 2.75) is 36.4 Å². The number of halogens is 1. The van der Waals surface area contributed by atoms with Gasteiger partial charge in [0.25, 0.3) is 10.0 Å². The second-order valence-corrected chi connectivity index (χ2v) is 9.02. The number of piperidine rings is 1. The summed E-state index contributed by atoms with van der Waals surface area (Å²) in [5.41, 5.74) is 0. The number of nitrogens with zero attached hydrogens (tertiary/aromatic N) is 1. The molecule has 0 saturated carbocycles. The van der Waals surface area contributed by atoms with Crippen molar-refractivity contribution in [2.75, 3.05) is 13.2 Å². The number of esters is 1. The summed E-state index contributed by atoms with van der Waals surface area (Å²) < 4.78 is 32.5. The molecule has 5 nitrogen and oxygen atoms in total. The molecule has 0 amide bonds. The van der Waals surface area contributed by atoms with Crippen molar-refractivity contribution in [3.63, 3.8) is 0 Å². The van der Waals surface area contributed by atoms with Gasteiger partial charge in [-0.15, -0.1) is 11.3 Å². The third kappa shape index (κ3) is 3.24. The third-order valence-corrected chi connectivity index (χ3v) is 7.12. The highest BCUT2D eigenvalue weighted by molar-refractivity contribution is 9.11. The molecule has 1 aromatic heterocycles. The first kappa shape index (κ1) is 15.9. The Morgan fingerprint density at radius 2 is 2.25 bits per heavy atom. The molecule has 0 spiro atoms. The van der Waals surface area contributed by atoms with Gasteiger partial charge in [0.2, 0.25) is 0 Å². The zero-order valence-corrected chi connectivity index (χ0v) is 14.3. The summed E-state index contributed by atoms with van der Waals surface area (Å²) in [6.07, 6.45) is 2.12. The summed E-state index contributed by atoms with van der Waals surface area (Å²) in [7, 11) is -3.63. The second-order valence-electron chi connectivity index (χ2n) is 4.44. The van der Waals surface area contributed by atoms with E-state index >= 15 is 0 Å². The van der Waals surface area contributed by atoms with Crippen LogP contribution in [0, 0.1) is 0 Å². The average molecular weight is 382 g/mol. The topological polar surface area (TPSA) is 63.7 Å². The molecule has 0 aliphatic carbocycles. The quantitative estimate of drug-likeness (QED) is 0.751. The summed E-state index contributed by atoms with van der Waals surface area (Å²) in [6, 6.07) is 2.55. The Hall–Kier alpha value is -0.440. The van der Waals surface area contributed by atoms with E-state index in [-0.39, 0.29) is 10.8 Å². The van der Waals surface area contributed by atoms with Crippen LogP contribution in [0.1, 0.15) is 26.2 Å². The lowest BCUT2D eigenvalue weighted by atomic mass is 10.1. The molecule has 0 N–H and O–H groups in total. The van der Waals surface area contributed by atoms with Gasteiger partial charge < -0.3 is 4.74 Å². The van der Waals surface area contributed by atoms with Crippen LogP contribution in [0.2, 0.25) is 0 Å². The predicted molar refractivity (Wildman–Crippen MR) is 80.2 cm³/mol. The van der Waals surface area contributed by atoms with E-state index in [2.05, 4.69) is 15.9 Å². The van der Waals surface area contributed by atoms with E-state index in [0.29, 0.717) is 13.0 Å². The first-order chi connectivity index (χ1) is 9.46. The van der Waals surface area contributed by atoms with Gasteiger partial charge in [0.1, 0.15) is 10.3 Å². The van der Waals surface area contributed by atoms with Crippen LogP contribution >= 0.6 is 27.3 Å². The summed E-state index contributed by atoms with van der Waals surface area (Å²) in [5.74, 6) is -0.452. The Morgan fingerprint density at radius 1 is 1.50 bits per heavy atom. The number of rotatable bonds is 4. The van der Waals surface area contributed by atoms with Crippen LogP contribution < -0.4 is 0 Å². The smallest absolute Gasteiger partial charge is 0.324 e. The van der Waals surface area contributed by atoms with Gasteiger partial charge in [0, 0.05) is 6.54 Å². The standard InChI is InChI=1S/C12H16BrNO4S2/c1-2-18-12(15)9-5-3-4-8-14(9)20(16,17)11-7-6-10(13)19-11/h6-7,9H,2-5,8H2,1H3. The van der Waals surface area contributed by atoms with E-state index in [1.165, 1.54) is 4.31 Å². The van der Waals surface area contributed by atoms with E-state index in [9.17, 15) is 13.2 Å². The number of sulfonamides is 1. The highest BCUT2D eigenvalue weighted by Crippen LogP contribution is 2.32. The monoisotopic (exact) mass is 381 g/mol. The maximum absolute atomic E-state index is 12.6. The molecule has 112 valence electrons.